The van der Waals surface area contributed by atoms with E-state index in [1.807, 2.05) is 60.0 Å². The van der Waals surface area contributed by atoms with Gasteiger partial charge in [0, 0.05) is 17.2 Å². The van der Waals surface area contributed by atoms with Crippen LogP contribution in [0.3, 0.4) is 0 Å². The number of aromatic nitrogens is 1. The maximum Gasteiger partial charge on any atom is 0.266 e. The van der Waals surface area contributed by atoms with Crippen molar-refractivity contribution in [1.29, 1.82) is 0 Å². The van der Waals surface area contributed by atoms with Crippen LogP contribution in [0.15, 0.2) is 64.4 Å². The molecule has 1 aliphatic carbocycles. The predicted molar refractivity (Wildman–Crippen MR) is 104 cm³/mol. The summed E-state index contributed by atoms with van der Waals surface area (Å²) >= 11 is 1.45. The number of anilines is 1. The van der Waals surface area contributed by atoms with Crippen molar-refractivity contribution in [1.82, 2.24) is 4.98 Å². The number of carbonyl (C=O) groups excluding carboxylic acids is 1. The predicted octanol–water partition coefficient (Wildman–Crippen LogP) is 5.69. The highest BCUT2D eigenvalue weighted by Gasteiger charge is 2.29. The molecule has 0 radical (unpaired) electrons. The highest BCUT2D eigenvalue weighted by atomic mass is 32.1. The zero-order valence-electron chi connectivity index (χ0n) is 13.9. The van der Waals surface area contributed by atoms with E-state index >= 15 is 0 Å². The van der Waals surface area contributed by atoms with Crippen LogP contribution in [0.1, 0.15) is 34.3 Å². The molecule has 0 unspecified atom stereocenters. The van der Waals surface area contributed by atoms with E-state index < -0.39 is 0 Å². The second kappa shape index (κ2) is 6.11. The molecule has 1 fully saturated rings. The quantitative estimate of drug-likeness (QED) is 0.509. The average Bonchev–Trinajstić information content (AvgIpc) is 3.24. The van der Waals surface area contributed by atoms with Gasteiger partial charge in [0.05, 0.1) is 4.88 Å². The molecule has 26 heavy (non-hydrogen) atoms. The Morgan fingerprint density at radius 1 is 1.12 bits per heavy atom. The molecule has 2 aromatic heterocycles. The van der Waals surface area contributed by atoms with Crippen LogP contribution >= 0.6 is 11.3 Å². The molecular formula is C21H16N2O2S. The molecule has 128 valence electrons. The SMILES string of the molecule is O=C(Nc1ccc2oc(C3CC3)nc2c1)c1sccc1-c1ccccc1. The Morgan fingerprint density at radius 2 is 1.96 bits per heavy atom. The van der Waals surface area contributed by atoms with Gasteiger partial charge in [-0.3, -0.25) is 4.79 Å². The fourth-order valence-corrected chi connectivity index (χ4v) is 3.86. The third-order valence-corrected chi connectivity index (χ3v) is 5.46. The molecule has 2 aromatic carbocycles. The fraction of sp³-hybridized carbons (Fsp3) is 0.143. The maximum absolute atomic E-state index is 12.8. The normalized spacial score (nSPS) is 13.8. The topological polar surface area (TPSA) is 55.1 Å². The third-order valence-electron chi connectivity index (χ3n) is 4.54. The Morgan fingerprint density at radius 3 is 2.77 bits per heavy atom. The summed E-state index contributed by atoms with van der Waals surface area (Å²) in [7, 11) is 0. The number of hydrogen-bond acceptors (Lipinski definition) is 4. The van der Waals surface area contributed by atoms with Crippen molar-refractivity contribution < 1.29 is 9.21 Å². The maximum atomic E-state index is 12.8. The highest BCUT2D eigenvalue weighted by Crippen LogP contribution is 2.40. The lowest BCUT2D eigenvalue weighted by atomic mass is 10.1. The summed E-state index contributed by atoms with van der Waals surface area (Å²) in [6.45, 7) is 0. The summed E-state index contributed by atoms with van der Waals surface area (Å²) in [4.78, 5) is 18.0. The Hall–Kier alpha value is -2.92. The van der Waals surface area contributed by atoms with E-state index in [1.165, 1.54) is 11.3 Å². The number of rotatable bonds is 4. The van der Waals surface area contributed by atoms with Crippen molar-refractivity contribution in [3.05, 3.63) is 70.7 Å². The van der Waals surface area contributed by atoms with Gasteiger partial charge in [-0.15, -0.1) is 11.3 Å². The first-order chi connectivity index (χ1) is 12.8. The van der Waals surface area contributed by atoms with Crippen LogP contribution in [-0.2, 0) is 0 Å². The van der Waals surface area contributed by atoms with Crippen molar-refractivity contribution in [3.8, 4) is 11.1 Å². The number of benzene rings is 2. The smallest absolute Gasteiger partial charge is 0.266 e. The van der Waals surface area contributed by atoms with E-state index in [0.29, 0.717) is 10.8 Å². The van der Waals surface area contributed by atoms with Crippen LogP contribution in [0.4, 0.5) is 5.69 Å². The first-order valence-electron chi connectivity index (χ1n) is 8.63. The summed E-state index contributed by atoms with van der Waals surface area (Å²) in [5, 5.41) is 4.93. The molecule has 0 saturated heterocycles. The van der Waals surface area contributed by atoms with Gasteiger partial charge in [0.25, 0.3) is 5.91 Å². The minimum Gasteiger partial charge on any atom is -0.440 e. The molecule has 0 bridgehead atoms. The van der Waals surface area contributed by atoms with Crippen molar-refractivity contribution in [2.45, 2.75) is 18.8 Å². The van der Waals surface area contributed by atoms with Gasteiger partial charge in [0.1, 0.15) is 5.52 Å². The molecule has 5 rings (SSSR count). The standard InChI is InChI=1S/C21H16N2O2S/c24-20(19-16(10-11-26-19)13-4-2-1-3-5-13)22-15-8-9-18-17(12-15)23-21(25-18)14-6-7-14/h1-5,8-12,14H,6-7H2,(H,22,24). The lowest BCUT2D eigenvalue weighted by molar-refractivity contribution is 0.103. The van der Waals surface area contributed by atoms with E-state index in [0.717, 1.165) is 46.6 Å². The van der Waals surface area contributed by atoms with Crippen molar-refractivity contribution in [3.63, 3.8) is 0 Å². The zero-order chi connectivity index (χ0) is 17.5. The summed E-state index contributed by atoms with van der Waals surface area (Å²) in [6.07, 6.45) is 2.30. The molecular weight excluding hydrogens is 344 g/mol. The van der Waals surface area contributed by atoms with Gasteiger partial charge >= 0.3 is 0 Å². The van der Waals surface area contributed by atoms with E-state index in [1.54, 1.807) is 0 Å². The monoisotopic (exact) mass is 360 g/mol. The van der Waals surface area contributed by atoms with Crippen molar-refractivity contribution in [2.75, 3.05) is 5.32 Å². The molecule has 0 atom stereocenters. The van der Waals surface area contributed by atoms with Crippen LogP contribution < -0.4 is 5.32 Å². The molecule has 1 aliphatic rings. The number of carbonyl (C=O) groups is 1. The largest absolute Gasteiger partial charge is 0.440 e. The highest BCUT2D eigenvalue weighted by molar-refractivity contribution is 7.12. The number of fused-ring (bicyclic) bond motifs is 1. The fourth-order valence-electron chi connectivity index (χ4n) is 3.05. The molecule has 2 heterocycles. The molecule has 4 nitrogen and oxygen atoms in total. The molecule has 5 heteroatoms. The summed E-state index contributed by atoms with van der Waals surface area (Å²) in [5.41, 5.74) is 4.28. The van der Waals surface area contributed by atoms with Gasteiger partial charge in [0.15, 0.2) is 11.5 Å². The lowest BCUT2D eigenvalue weighted by Crippen LogP contribution is -2.11. The third kappa shape index (κ3) is 2.80. The van der Waals surface area contributed by atoms with Gasteiger partial charge in [-0.05, 0) is 48.1 Å². The van der Waals surface area contributed by atoms with Gasteiger partial charge in [-0.25, -0.2) is 4.98 Å². The molecule has 1 amide bonds. The van der Waals surface area contributed by atoms with E-state index in [4.69, 9.17) is 4.42 Å². The average molecular weight is 360 g/mol. The number of nitrogens with one attached hydrogen (secondary N) is 1. The number of hydrogen-bond donors (Lipinski definition) is 1. The number of oxazole rings is 1. The van der Waals surface area contributed by atoms with Crippen molar-refractivity contribution >= 4 is 34.0 Å². The molecule has 0 aliphatic heterocycles. The number of nitrogens with zero attached hydrogens (tertiary/aromatic N) is 1. The van der Waals surface area contributed by atoms with Gasteiger partial charge < -0.3 is 9.73 Å². The minimum atomic E-state index is -0.107. The van der Waals surface area contributed by atoms with Gasteiger partial charge in [0.2, 0.25) is 0 Å². The van der Waals surface area contributed by atoms with E-state index in [-0.39, 0.29) is 5.91 Å². The van der Waals surface area contributed by atoms with Crippen LogP contribution in [0.2, 0.25) is 0 Å². The Kier molecular flexibility index (Phi) is 3.60. The first kappa shape index (κ1) is 15.3. The van der Waals surface area contributed by atoms with E-state index in [2.05, 4.69) is 10.3 Å². The first-order valence-corrected chi connectivity index (χ1v) is 9.50. The summed E-state index contributed by atoms with van der Waals surface area (Å²) in [5.74, 6) is 1.18. The Labute approximate surface area is 154 Å². The molecule has 0 spiro atoms. The van der Waals surface area contributed by atoms with Crippen LogP contribution in [0.25, 0.3) is 22.2 Å². The Balaban J connectivity index is 1.42. The second-order valence-corrected chi connectivity index (χ2v) is 7.41. The van der Waals surface area contributed by atoms with Crippen LogP contribution in [-0.4, -0.2) is 10.9 Å². The molecule has 4 aromatic rings. The zero-order valence-corrected chi connectivity index (χ0v) is 14.8. The lowest BCUT2D eigenvalue weighted by Gasteiger charge is -2.06. The molecule has 1 saturated carbocycles. The second-order valence-electron chi connectivity index (χ2n) is 6.49. The summed E-state index contributed by atoms with van der Waals surface area (Å²) in [6, 6.07) is 17.5. The van der Waals surface area contributed by atoms with E-state index in [9.17, 15) is 4.79 Å². The van der Waals surface area contributed by atoms with Crippen LogP contribution in [0.5, 0.6) is 0 Å². The minimum absolute atomic E-state index is 0.107. The summed E-state index contributed by atoms with van der Waals surface area (Å²) < 4.78 is 5.78. The number of amides is 1. The Bertz CT molecular complexity index is 1090. The van der Waals surface area contributed by atoms with Gasteiger partial charge in [-0.1, -0.05) is 30.3 Å². The van der Waals surface area contributed by atoms with Crippen LogP contribution in [0, 0.1) is 0 Å². The van der Waals surface area contributed by atoms with Crippen molar-refractivity contribution in [2.24, 2.45) is 0 Å². The number of thiophene rings is 1. The molecule has 1 N–H and O–H groups in total. The van der Waals surface area contributed by atoms with Gasteiger partial charge in [-0.2, -0.15) is 0 Å².